The molecule has 0 aliphatic heterocycles. The van der Waals surface area contributed by atoms with E-state index in [2.05, 4.69) is 15.6 Å². The van der Waals surface area contributed by atoms with Crippen molar-refractivity contribution in [2.24, 2.45) is 0 Å². The molecule has 0 atom stereocenters. The summed E-state index contributed by atoms with van der Waals surface area (Å²) in [5, 5.41) is 6.31. The van der Waals surface area contributed by atoms with Crippen LogP contribution in [0.3, 0.4) is 0 Å². The number of carbonyl (C=O) groups excluding carboxylic acids is 2. The number of aromatic nitrogens is 1. The predicted molar refractivity (Wildman–Crippen MR) is 124 cm³/mol. The van der Waals surface area contributed by atoms with Crippen molar-refractivity contribution in [1.82, 2.24) is 4.98 Å². The smallest absolute Gasteiger partial charge is 0.412 e. The summed E-state index contributed by atoms with van der Waals surface area (Å²) in [7, 11) is 1.52. The fraction of sp³-hybridized carbons (Fsp3) is 0.261. The summed E-state index contributed by atoms with van der Waals surface area (Å²) in [6.07, 6.45) is 1.00. The van der Waals surface area contributed by atoms with E-state index in [4.69, 9.17) is 25.8 Å². The maximum absolute atomic E-state index is 12.0. The molecule has 0 radical (unpaired) electrons. The van der Waals surface area contributed by atoms with Crippen LogP contribution in [0.15, 0.2) is 42.6 Å². The first-order valence-corrected chi connectivity index (χ1v) is 10.2. The molecule has 9 heteroatoms. The molecule has 3 rings (SSSR count). The Morgan fingerprint density at radius 2 is 1.75 bits per heavy atom. The van der Waals surface area contributed by atoms with Gasteiger partial charge in [-0.25, -0.2) is 4.79 Å². The van der Waals surface area contributed by atoms with Crippen LogP contribution in [0.2, 0.25) is 5.02 Å². The van der Waals surface area contributed by atoms with E-state index in [1.807, 2.05) is 0 Å². The van der Waals surface area contributed by atoms with E-state index in [-0.39, 0.29) is 10.9 Å². The van der Waals surface area contributed by atoms with Crippen LogP contribution in [0.4, 0.5) is 16.2 Å². The van der Waals surface area contributed by atoms with Crippen LogP contribution in [-0.2, 0) is 9.53 Å². The molecular weight excluding hydrogens is 434 g/mol. The Bertz CT molecular complexity index is 1170. The maximum atomic E-state index is 12.0. The fourth-order valence-corrected chi connectivity index (χ4v) is 3.11. The van der Waals surface area contributed by atoms with Crippen molar-refractivity contribution in [2.45, 2.75) is 33.3 Å². The van der Waals surface area contributed by atoms with E-state index in [0.717, 1.165) is 0 Å². The summed E-state index contributed by atoms with van der Waals surface area (Å²) in [6.45, 7) is 6.74. The van der Waals surface area contributed by atoms with E-state index in [1.165, 1.54) is 14.0 Å². The Balaban J connectivity index is 1.88. The van der Waals surface area contributed by atoms with Gasteiger partial charge in [0.25, 0.3) is 0 Å². The van der Waals surface area contributed by atoms with Gasteiger partial charge in [-0.3, -0.25) is 15.1 Å². The zero-order chi connectivity index (χ0) is 23.5. The van der Waals surface area contributed by atoms with Gasteiger partial charge in [0.05, 0.1) is 29.0 Å². The number of anilines is 2. The average molecular weight is 458 g/mol. The molecule has 0 saturated carbocycles. The molecule has 1 aromatic heterocycles. The van der Waals surface area contributed by atoms with Gasteiger partial charge < -0.3 is 19.5 Å². The summed E-state index contributed by atoms with van der Waals surface area (Å²) >= 11 is 6.32. The Morgan fingerprint density at radius 3 is 2.38 bits per heavy atom. The summed E-state index contributed by atoms with van der Waals surface area (Å²) in [4.78, 5) is 27.9. The Morgan fingerprint density at radius 1 is 1.00 bits per heavy atom. The van der Waals surface area contributed by atoms with E-state index >= 15 is 0 Å². The molecule has 168 valence electrons. The lowest BCUT2D eigenvalue weighted by Crippen LogP contribution is -2.27. The van der Waals surface area contributed by atoms with Crippen LogP contribution < -0.4 is 20.1 Å². The van der Waals surface area contributed by atoms with Crippen LogP contribution >= 0.6 is 11.6 Å². The first kappa shape index (κ1) is 23.1. The van der Waals surface area contributed by atoms with Gasteiger partial charge in [-0.2, -0.15) is 0 Å². The highest BCUT2D eigenvalue weighted by molar-refractivity contribution is 6.33. The second-order valence-corrected chi connectivity index (χ2v) is 8.34. The molecule has 0 aliphatic rings. The molecule has 0 saturated heterocycles. The summed E-state index contributed by atoms with van der Waals surface area (Å²) in [5.74, 6) is 1.22. The van der Waals surface area contributed by atoms with Crippen molar-refractivity contribution < 1.29 is 23.8 Å². The van der Waals surface area contributed by atoms with E-state index in [9.17, 15) is 9.59 Å². The number of fused-ring (bicyclic) bond motifs is 1. The number of nitrogens with one attached hydrogen (secondary N) is 2. The highest BCUT2D eigenvalue weighted by atomic mass is 35.5. The van der Waals surface area contributed by atoms with E-state index in [0.29, 0.717) is 39.5 Å². The summed E-state index contributed by atoms with van der Waals surface area (Å²) < 4.78 is 16.6. The number of nitrogens with zero attached hydrogens (tertiary/aromatic N) is 1. The minimum absolute atomic E-state index is 0.228. The SMILES string of the molecule is COc1cc2nccc(Oc3ccc(NC(=O)OC(C)(C)C)c(Cl)c3)c2cc1NC(C)=O. The Labute approximate surface area is 190 Å². The number of methoxy groups -OCH3 is 1. The fourth-order valence-electron chi connectivity index (χ4n) is 2.89. The van der Waals surface area contributed by atoms with Crippen LogP contribution in [0.1, 0.15) is 27.7 Å². The number of pyridine rings is 1. The van der Waals surface area contributed by atoms with Crippen molar-refractivity contribution in [2.75, 3.05) is 17.7 Å². The molecule has 0 spiro atoms. The highest BCUT2D eigenvalue weighted by Crippen LogP contribution is 2.37. The number of hydrogen-bond donors (Lipinski definition) is 2. The molecule has 0 aliphatic carbocycles. The van der Waals surface area contributed by atoms with Crippen LogP contribution in [0, 0.1) is 0 Å². The largest absolute Gasteiger partial charge is 0.494 e. The van der Waals surface area contributed by atoms with Gasteiger partial charge in [-0.15, -0.1) is 0 Å². The van der Waals surface area contributed by atoms with E-state index in [1.54, 1.807) is 63.4 Å². The van der Waals surface area contributed by atoms with Crippen molar-refractivity contribution in [1.29, 1.82) is 0 Å². The Hall–Kier alpha value is -3.52. The topological polar surface area (TPSA) is 98.8 Å². The third-order valence-electron chi connectivity index (χ3n) is 4.14. The quantitative estimate of drug-likeness (QED) is 0.488. The van der Waals surface area contributed by atoms with Crippen LogP contribution in [-0.4, -0.2) is 29.7 Å². The molecule has 2 aromatic carbocycles. The monoisotopic (exact) mass is 457 g/mol. The van der Waals surface area contributed by atoms with Gasteiger partial charge in [0, 0.05) is 30.6 Å². The Kier molecular flexibility index (Phi) is 6.74. The first-order chi connectivity index (χ1) is 15.1. The molecule has 1 heterocycles. The second kappa shape index (κ2) is 9.32. The number of ether oxygens (including phenoxy) is 3. The number of carbonyl (C=O) groups is 2. The molecular formula is C23H24ClN3O5. The normalized spacial score (nSPS) is 11.1. The molecule has 0 bridgehead atoms. The molecule has 2 N–H and O–H groups in total. The van der Waals surface area contributed by atoms with Crippen molar-refractivity contribution in [3.8, 4) is 17.2 Å². The van der Waals surface area contributed by atoms with Crippen molar-refractivity contribution in [3.05, 3.63) is 47.6 Å². The minimum atomic E-state index is -0.624. The lowest BCUT2D eigenvalue weighted by Gasteiger charge is -2.20. The van der Waals surface area contributed by atoms with Gasteiger partial charge >= 0.3 is 6.09 Å². The zero-order valence-electron chi connectivity index (χ0n) is 18.4. The third-order valence-corrected chi connectivity index (χ3v) is 4.45. The van der Waals surface area contributed by atoms with Gasteiger partial charge in [0.1, 0.15) is 22.8 Å². The number of benzene rings is 2. The predicted octanol–water partition coefficient (Wildman–Crippen LogP) is 5.99. The maximum Gasteiger partial charge on any atom is 0.412 e. The summed E-state index contributed by atoms with van der Waals surface area (Å²) in [6, 6.07) is 10.0. The van der Waals surface area contributed by atoms with Crippen LogP contribution in [0.25, 0.3) is 10.9 Å². The third kappa shape index (κ3) is 5.79. The minimum Gasteiger partial charge on any atom is -0.494 e. The number of amides is 2. The van der Waals surface area contributed by atoms with Gasteiger partial charge in [-0.1, -0.05) is 11.6 Å². The lowest BCUT2D eigenvalue weighted by molar-refractivity contribution is -0.114. The van der Waals surface area contributed by atoms with Crippen molar-refractivity contribution >= 4 is 45.9 Å². The average Bonchev–Trinajstić information content (AvgIpc) is 2.68. The number of hydrogen-bond acceptors (Lipinski definition) is 6. The van der Waals surface area contributed by atoms with Gasteiger partial charge in [0.2, 0.25) is 5.91 Å². The summed E-state index contributed by atoms with van der Waals surface area (Å²) in [5.41, 5.74) is 0.898. The molecule has 3 aromatic rings. The molecule has 8 nitrogen and oxygen atoms in total. The van der Waals surface area contributed by atoms with Crippen LogP contribution in [0.5, 0.6) is 17.2 Å². The van der Waals surface area contributed by atoms with Gasteiger partial charge in [0.15, 0.2) is 0 Å². The molecule has 0 unspecified atom stereocenters. The highest BCUT2D eigenvalue weighted by Gasteiger charge is 2.17. The lowest BCUT2D eigenvalue weighted by atomic mass is 10.1. The second-order valence-electron chi connectivity index (χ2n) is 7.93. The zero-order valence-corrected chi connectivity index (χ0v) is 19.2. The molecule has 32 heavy (non-hydrogen) atoms. The first-order valence-electron chi connectivity index (χ1n) is 9.77. The van der Waals surface area contributed by atoms with Crippen molar-refractivity contribution in [3.63, 3.8) is 0 Å². The van der Waals surface area contributed by atoms with E-state index < -0.39 is 11.7 Å². The number of halogens is 1. The molecule has 2 amide bonds. The van der Waals surface area contributed by atoms with Gasteiger partial charge in [-0.05, 0) is 45.0 Å². The molecule has 0 fully saturated rings. The standard InChI is InChI=1S/C23H24ClN3O5/c1-13(28)26-19-11-15-18(12-21(19)30-5)25-9-8-20(15)31-14-6-7-17(16(24)10-14)27-22(29)32-23(2,3)4/h6-12H,1-5H3,(H,26,28)(H,27,29). The number of rotatable bonds is 5.